The van der Waals surface area contributed by atoms with Crippen molar-refractivity contribution in [1.82, 2.24) is 5.32 Å². The zero-order valence-electron chi connectivity index (χ0n) is 18.9. The third kappa shape index (κ3) is 8.04. The number of nitrogens with zero attached hydrogens (tertiary/aromatic N) is 1. The van der Waals surface area contributed by atoms with Crippen LogP contribution in [0.3, 0.4) is 0 Å². The minimum atomic E-state index is -4.34. The molecule has 0 atom stereocenters. The van der Waals surface area contributed by atoms with E-state index < -0.39 is 11.7 Å². The monoisotopic (exact) mass is 471 g/mol. The molecule has 0 radical (unpaired) electrons. The zero-order chi connectivity index (χ0) is 25.0. The van der Waals surface area contributed by atoms with Crippen LogP contribution in [0.4, 0.5) is 13.2 Å². The summed E-state index contributed by atoms with van der Waals surface area (Å²) in [4.78, 5) is 13.4. The van der Waals surface area contributed by atoms with E-state index in [0.717, 1.165) is 48.3 Å². The zero-order valence-corrected chi connectivity index (χ0v) is 18.9. The highest BCUT2D eigenvalue weighted by molar-refractivity contribution is 5.97. The fraction of sp³-hybridized carbons (Fsp3) is 0.231. The van der Waals surface area contributed by atoms with Gasteiger partial charge in [0, 0.05) is 12.1 Å². The quantitative estimate of drug-likeness (QED) is 0.186. The number of hydrogen-bond acceptors (Lipinski definition) is 4. The van der Waals surface area contributed by atoms with Crippen molar-refractivity contribution in [3.05, 3.63) is 95.1 Å². The van der Waals surface area contributed by atoms with Gasteiger partial charge in [-0.05, 0) is 47.4 Å². The first-order chi connectivity index (χ1) is 16.4. The molecule has 0 spiro atoms. The predicted octanol–water partition coefficient (Wildman–Crippen LogP) is 5.52. The number of oxime groups is 1. The smallest absolute Gasteiger partial charge is 0.389 e. The molecule has 0 aromatic heterocycles. The van der Waals surface area contributed by atoms with E-state index in [2.05, 4.69) is 17.4 Å². The Hall–Kier alpha value is -3.65. The minimum Gasteiger partial charge on any atom is -0.389 e. The van der Waals surface area contributed by atoms with Crippen LogP contribution < -0.4 is 11.1 Å². The lowest BCUT2D eigenvalue weighted by molar-refractivity contribution is -0.137. The highest BCUT2D eigenvalue weighted by Crippen LogP contribution is 2.31. The van der Waals surface area contributed by atoms with Crippen molar-refractivity contribution in [3.63, 3.8) is 0 Å². The van der Waals surface area contributed by atoms with Crippen LogP contribution in [0.2, 0.25) is 0 Å². The summed E-state index contributed by atoms with van der Waals surface area (Å²) in [5, 5.41) is 7.32. The molecule has 0 amide bonds. The lowest BCUT2D eigenvalue weighted by Gasteiger charge is -2.08. The average Bonchev–Trinajstić information content (AvgIpc) is 2.86. The Labute approximate surface area is 197 Å². The van der Waals surface area contributed by atoms with Gasteiger partial charge in [-0.25, -0.2) is 0 Å². The molecule has 0 aliphatic heterocycles. The Bertz CT molecular complexity index is 1030. The van der Waals surface area contributed by atoms with E-state index in [-0.39, 0.29) is 6.61 Å². The van der Waals surface area contributed by atoms with Gasteiger partial charge in [0.05, 0.1) is 5.56 Å². The third-order valence-corrected chi connectivity index (χ3v) is 4.90. The molecule has 3 rings (SSSR count). The van der Waals surface area contributed by atoms with E-state index in [1.165, 1.54) is 17.7 Å². The number of halogens is 3. The first-order valence-electron chi connectivity index (χ1n) is 10.7. The first kappa shape index (κ1) is 26.6. The molecule has 180 valence electrons. The Balaban J connectivity index is 0.00000199. The number of benzene rings is 3. The van der Waals surface area contributed by atoms with Crippen molar-refractivity contribution in [2.75, 3.05) is 6.54 Å². The van der Waals surface area contributed by atoms with Gasteiger partial charge in [-0.1, -0.05) is 72.7 Å². The minimum absolute atomic E-state index is 0.229. The predicted molar refractivity (Wildman–Crippen MR) is 128 cm³/mol. The van der Waals surface area contributed by atoms with Gasteiger partial charge in [0.25, 0.3) is 0 Å². The summed E-state index contributed by atoms with van der Waals surface area (Å²) in [6, 6.07) is 20.3. The second-order valence-corrected chi connectivity index (χ2v) is 7.40. The fourth-order valence-corrected chi connectivity index (χ4v) is 3.08. The molecule has 0 fully saturated rings. The van der Waals surface area contributed by atoms with Gasteiger partial charge in [0.1, 0.15) is 13.4 Å². The van der Waals surface area contributed by atoms with Gasteiger partial charge in [-0.2, -0.15) is 13.2 Å². The van der Waals surface area contributed by atoms with Crippen LogP contribution in [0.5, 0.6) is 0 Å². The molecule has 0 aliphatic rings. The molecular weight excluding hydrogens is 443 g/mol. The van der Waals surface area contributed by atoms with Gasteiger partial charge < -0.3 is 20.7 Å². The lowest BCUT2D eigenvalue weighted by atomic mass is 10.0. The maximum Gasteiger partial charge on any atom is 0.416 e. The number of nitrogens with one attached hydrogen (secondary N) is 1. The molecule has 0 saturated heterocycles. The van der Waals surface area contributed by atoms with Crippen molar-refractivity contribution in [3.8, 4) is 11.1 Å². The first-order valence-corrected chi connectivity index (χ1v) is 10.7. The average molecular weight is 472 g/mol. The number of hydrogen-bond donors (Lipinski definition) is 2. The molecule has 0 aliphatic carbocycles. The largest absolute Gasteiger partial charge is 0.416 e. The number of nitrogens with two attached hydrogens (primary N) is 1. The Morgan fingerprint density at radius 3 is 1.97 bits per heavy atom. The summed E-state index contributed by atoms with van der Waals surface area (Å²) in [6.45, 7) is 6.14. The number of rotatable bonds is 9. The van der Waals surface area contributed by atoms with Crippen LogP contribution in [0, 0.1) is 0 Å². The van der Waals surface area contributed by atoms with Gasteiger partial charge >= 0.3 is 6.18 Å². The lowest BCUT2D eigenvalue weighted by Crippen LogP contribution is -2.15. The highest BCUT2D eigenvalue weighted by atomic mass is 19.4. The van der Waals surface area contributed by atoms with Crippen molar-refractivity contribution >= 4 is 12.6 Å². The van der Waals surface area contributed by atoms with E-state index in [4.69, 9.17) is 15.4 Å². The molecule has 8 heteroatoms. The van der Waals surface area contributed by atoms with Gasteiger partial charge in [-0.15, -0.1) is 0 Å². The third-order valence-electron chi connectivity index (χ3n) is 4.90. The van der Waals surface area contributed by atoms with Crippen LogP contribution in [0.25, 0.3) is 11.1 Å². The summed E-state index contributed by atoms with van der Waals surface area (Å²) in [5.74, 6) is 0.291. The topological polar surface area (TPSA) is 76.7 Å². The van der Waals surface area contributed by atoms with E-state index in [1.54, 1.807) is 0 Å². The van der Waals surface area contributed by atoms with Crippen LogP contribution in [-0.2, 0) is 29.0 Å². The molecule has 0 unspecified atom stereocenters. The molecule has 3 aromatic rings. The molecule has 5 nitrogen and oxygen atoms in total. The molecule has 34 heavy (non-hydrogen) atoms. The fourth-order valence-electron chi connectivity index (χ4n) is 3.08. The Kier molecular flexibility index (Phi) is 10.3. The number of alkyl halides is 3. The second kappa shape index (κ2) is 13.2. The summed E-state index contributed by atoms with van der Waals surface area (Å²) in [7, 11) is 0. The van der Waals surface area contributed by atoms with Crippen molar-refractivity contribution in [1.29, 1.82) is 0 Å². The van der Waals surface area contributed by atoms with E-state index in [0.29, 0.717) is 11.4 Å². The van der Waals surface area contributed by atoms with Crippen molar-refractivity contribution < 1.29 is 22.8 Å². The summed E-state index contributed by atoms with van der Waals surface area (Å²) in [6.07, 6.45) is -3.25. The van der Waals surface area contributed by atoms with Crippen LogP contribution in [0.1, 0.15) is 35.6 Å². The van der Waals surface area contributed by atoms with E-state index >= 15 is 0 Å². The standard InChI is InChI=1S/C25H26F3N3O.CH2O/c1-2-15-30-16-18-3-9-22(10-4-18)24(29)31-32-17-19-5-7-20(8-6-19)21-11-13-23(14-12-21)25(26,27)28;1-2/h3-14,30H,2,15-17H2,1H3,(H2,29,31);1H2. The Morgan fingerprint density at radius 2 is 1.44 bits per heavy atom. The normalized spacial score (nSPS) is 11.5. The van der Waals surface area contributed by atoms with E-state index in [9.17, 15) is 13.2 Å². The van der Waals surface area contributed by atoms with E-state index in [1.807, 2.05) is 55.3 Å². The molecule has 0 heterocycles. The number of carbonyl (C=O) groups is 1. The van der Waals surface area contributed by atoms with Gasteiger partial charge in [0.2, 0.25) is 0 Å². The Morgan fingerprint density at radius 1 is 0.912 bits per heavy atom. The number of amidine groups is 1. The molecule has 0 bridgehead atoms. The molecular formula is C26H28F3N3O2. The second-order valence-electron chi connectivity index (χ2n) is 7.40. The van der Waals surface area contributed by atoms with Crippen LogP contribution in [-0.4, -0.2) is 19.2 Å². The van der Waals surface area contributed by atoms with Crippen molar-refractivity contribution in [2.24, 2.45) is 10.9 Å². The van der Waals surface area contributed by atoms with Crippen LogP contribution >= 0.6 is 0 Å². The summed E-state index contributed by atoms with van der Waals surface area (Å²) in [5.41, 5.74) is 9.69. The molecule has 3 aromatic carbocycles. The molecule has 3 N–H and O–H groups in total. The number of carbonyl (C=O) groups excluding carboxylic acids is 1. The van der Waals surface area contributed by atoms with Crippen molar-refractivity contribution in [2.45, 2.75) is 32.7 Å². The highest BCUT2D eigenvalue weighted by Gasteiger charge is 2.29. The SMILES string of the molecule is C=O.CCCNCc1ccc(/C(N)=N/OCc2ccc(-c3ccc(C(F)(F)F)cc3)cc2)cc1. The summed E-state index contributed by atoms with van der Waals surface area (Å²) < 4.78 is 38.1. The summed E-state index contributed by atoms with van der Waals surface area (Å²) >= 11 is 0. The van der Waals surface area contributed by atoms with Gasteiger partial charge in [0.15, 0.2) is 5.84 Å². The molecule has 0 saturated carbocycles. The van der Waals surface area contributed by atoms with Gasteiger partial charge in [-0.3, -0.25) is 0 Å². The maximum absolute atomic E-state index is 12.7. The van der Waals surface area contributed by atoms with Crippen LogP contribution in [0.15, 0.2) is 78.0 Å². The maximum atomic E-state index is 12.7.